The lowest BCUT2D eigenvalue weighted by molar-refractivity contribution is -0.152. The van der Waals surface area contributed by atoms with Gasteiger partial charge < -0.3 is 9.84 Å². The maximum absolute atomic E-state index is 11.6. The van der Waals surface area contributed by atoms with Crippen LogP contribution in [0.15, 0.2) is 36.9 Å². The molecule has 4 heteroatoms. The molecule has 0 aliphatic carbocycles. The van der Waals surface area contributed by atoms with Gasteiger partial charge in [0.25, 0.3) is 0 Å². The molecule has 1 aromatic carbocycles. The first-order chi connectivity index (χ1) is 7.93. The molecule has 0 aromatic heterocycles. The maximum Gasteiger partial charge on any atom is 0.315 e. The van der Waals surface area contributed by atoms with Crippen molar-refractivity contribution >= 4 is 17.6 Å². The molecule has 0 saturated heterocycles. The van der Waals surface area contributed by atoms with Crippen LogP contribution in [0.5, 0.6) is 0 Å². The predicted molar refractivity (Wildman–Crippen MR) is 66.7 cm³/mol. The van der Waals surface area contributed by atoms with Crippen molar-refractivity contribution < 1.29 is 14.6 Å². The molecule has 0 fully saturated rings. The van der Waals surface area contributed by atoms with Crippen LogP contribution in [0.1, 0.15) is 12.5 Å². The Kier molecular flexibility index (Phi) is 4.32. The van der Waals surface area contributed by atoms with Crippen LogP contribution in [0.25, 0.3) is 0 Å². The molecule has 0 saturated carbocycles. The maximum atomic E-state index is 11.6. The van der Waals surface area contributed by atoms with Gasteiger partial charge in [-0.05, 0) is 24.6 Å². The van der Waals surface area contributed by atoms with E-state index in [0.717, 1.165) is 0 Å². The molecule has 0 bridgehead atoms. The Balaban J connectivity index is 3.16. The van der Waals surface area contributed by atoms with E-state index in [0.29, 0.717) is 10.6 Å². The van der Waals surface area contributed by atoms with E-state index in [1.807, 2.05) is 0 Å². The van der Waals surface area contributed by atoms with Gasteiger partial charge in [-0.2, -0.15) is 0 Å². The standard InChI is InChI=1S/C13H15ClO3/c1-4-11(12(15)17-3)13(2,16)9-6-5-7-10(14)8-9/h4-8,11,16H,1H2,2-3H3/t11-,13?/m0/s1. The van der Waals surface area contributed by atoms with Gasteiger partial charge in [-0.15, -0.1) is 6.58 Å². The minimum atomic E-state index is -1.40. The number of esters is 1. The summed E-state index contributed by atoms with van der Waals surface area (Å²) < 4.78 is 4.64. The fourth-order valence-electron chi connectivity index (χ4n) is 1.67. The summed E-state index contributed by atoms with van der Waals surface area (Å²) in [6, 6.07) is 6.72. The molecular formula is C13H15ClO3. The number of benzene rings is 1. The Hall–Kier alpha value is -1.32. The van der Waals surface area contributed by atoms with Crippen LogP contribution in [0.4, 0.5) is 0 Å². The van der Waals surface area contributed by atoms with Crippen molar-refractivity contribution in [3.05, 3.63) is 47.5 Å². The summed E-state index contributed by atoms with van der Waals surface area (Å²) in [5.74, 6) is -1.38. The highest BCUT2D eigenvalue weighted by Crippen LogP contribution is 2.32. The molecule has 0 radical (unpaired) electrons. The lowest BCUT2D eigenvalue weighted by atomic mass is 9.83. The minimum Gasteiger partial charge on any atom is -0.468 e. The molecule has 1 unspecified atom stereocenters. The van der Waals surface area contributed by atoms with Crippen LogP contribution in [-0.2, 0) is 15.1 Å². The molecular weight excluding hydrogens is 240 g/mol. The summed E-state index contributed by atoms with van der Waals surface area (Å²) in [5.41, 5.74) is -0.861. The zero-order valence-corrected chi connectivity index (χ0v) is 10.6. The Morgan fingerprint density at radius 3 is 2.76 bits per heavy atom. The first kappa shape index (κ1) is 13.7. The third-order valence-electron chi connectivity index (χ3n) is 2.71. The topological polar surface area (TPSA) is 46.5 Å². The molecule has 1 N–H and O–H groups in total. The van der Waals surface area contributed by atoms with Crippen LogP contribution >= 0.6 is 11.6 Å². The van der Waals surface area contributed by atoms with Crippen LogP contribution in [-0.4, -0.2) is 18.2 Å². The van der Waals surface area contributed by atoms with E-state index < -0.39 is 17.5 Å². The second-order valence-electron chi connectivity index (χ2n) is 3.89. The van der Waals surface area contributed by atoms with Crippen molar-refractivity contribution in [2.24, 2.45) is 5.92 Å². The number of methoxy groups -OCH3 is 1. The Bertz CT molecular complexity index is 426. The van der Waals surface area contributed by atoms with Gasteiger partial charge in [-0.1, -0.05) is 29.8 Å². The Morgan fingerprint density at radius 2 is 2.29 bits per heavy atom. The van der Waals surface area contributed by atoms with Crippen LogP contribution < -0.4 is 0 Å². The third kappa shape index (κ3) is 2.87. The van der Waals surface area contributed by atoms with E-state index in [1.165, 1.54) is 20.1 Å². The fourth-order valence-corrected chi connectivity index (χ4v) is 1.86. The van der Waals surface area contributed by atoms with Gasteiger partial charge in [0.05, 0.1) is 7.11 Å². The Labute approximate surface area is 106 Å². The molecule has 1 aromatic rings. The van der Waals surface area contributed by atoms with Gasteiger partial charge >= 0.3 is 5.97 Å². The summed E-state index contributed by atoms with van der Waals surface area (Å²) in [7, 11) is 1.27. The van der Waals surface area contributed by atoms with E-state index in [-0.39, 0.29) is 0 Å². The number of ether oxygens (including phenoxy) is 1. The predicted octanol–water partition coefficient (Wildman–Crippen LogP) is 2.52. The highest BCUT2D eigenvalue weighted by Gasteiger charge is 2.37. The minimum absolute atomic E-state index is 0.496. The van der Waals surface area contributed by atoms with Crippen molar-refractivity contribution in [2.45, 2.75) is 12.5 Å². The molecule has 0 aliphatic rings. The second kappa shape index (κ2) is 5.34. The highest BCUT2D eigenvalue weighted by molar-refractivity contribution is 6.30. The van der Waals surface area contributed by atoms with Crippen LogP contribution in [0.3, 0.4) is 0 Å². The van der Waals surface area contributed by atoms with Crippen molar-refractivity contribution in [2.75, 3.05) is 7.11 Å². The Morgan fingerprint density at radius 1 is 1.65 bits per heavy atom. The molecule has 17 heavy (non-hydrogen) atoms. The van der Waals surface area contributed by atoms with Gasteiger partial charge in [0.1, 0.15) is 11.5 Å². The van der Waals surface area contributed by atoms with Crippen molar-refractivity contribution in [3.63, 3.8) is 0 Å². The monoisotopic (exact) mass is 254 g/mol. The first-order valence-corrected chi connectivity index (χ1v) is 5.50. The number of halogens is 1. The van der Waals surface area contributed by atoms with Crippen LogP contribution in [0, 0.1) is 5.92 Å². The van der Waals surface area contributed by atoms with E-state index in [1.54, 1.807) is 24.3 Å². The van der Waals surface area contributed by atoms with Gasteiger partial charge in [0.2, 0.25) is 0 Å². The van der Waals surface area contributed by atoms with E-state index >= 15 is 0 Å². The number of rotatable bonds is 4. The smallest absolute Gasteiger partial charge is 0.315 e. The molecule has 2 atom stereocenters. The lowest BCUT2D eigenvalue weighted by Crippen LogP contribution is -2.36. The highest BCUT2D eigenvalue weighted by atomic mass is 35.5. The lowest BCUT2D eigenvalue weighted by Gasteiger charge is -2.29. The number of carbonyl (C=O) groups is 1. The second-order valence-corrected chi connectivity index (χ2v) is 4.33. The van der Waals surface area contributed by atoms with E-state index in [4.69, 9.17) is 11.6 Å². The zero-order chi connectivity index (χ0) is 13.1. The van der Waals surface area contributed by atoms with Gasteiger partial charge in [0.15, 0.2) is 0 Å². The largest absolute Gasteiger partial charge is 0.468 e. The summed E-state index contributed by atoms with van der Waals surface area (Å²) >= 11 is 5.86. The molecule has 0 aliphatic heterocycles. The number of carbonyl (C=O) groups excluding carboxylic acids is 1. The van der Waals surface area contributed by atoms with Gasteiger partial charge in [-0.3, -0.25) is 4.79 Å². The number of hydrogen-bond donors (Lipinski definition) is 1. The van der Waals surface area contributed by atoms with Crippen molar-refractivity contribution in [1.82, 2.24) is 0 Å². The van der Waals surface area contributed by atoms with Crippen molar-refractivity contribution in [1.29, 1.82) is 0 Å². The van der Waals surface area contributed by atoms with E-state index in [9.17, 15) is 9.90 Å². The normalized spacial score (nSPS) is 15.8. The van der Waals surface area contributed by atoms with Crippen molar-refractivity contribution in [3.8, 4) is 0 Å². The molecule has 1 rings (SSSR count). The van der Waals surface area contributed by atoms with Crippen LogP contribution in [0.2, 0.25) is 5.02 Å². The fraction of sp³-hybridized carbons (Fsp3) is 0.308. The average molecular weight is 255 g/mol. The summed E-state index contributed by atoms with van der Waals surface area (Å²) in [6.07, 6.45) is 1.37. The number of hydrogen-bond acceptors (Lipinski definition) is 3. The molecule has 3 nitrogen and oxygen atoms in total. The molecule has 0 spiro atoms. The number of aliphatic hydroxyl groups is 1. The molecule has 92 valence electrons. The quantitative estimate of drug-likeness (QED) is 0.663. The SMILES string of the molecule is C=C[C@@H](C(=O)OC)C(C)(O)c1cccc(Cl)c1. The zero-order valence-electron chi connectivity index (χ0n) is 9.81. The molecule has 0 heterocycles. The average Bonchev–Trinajstić information content (AvgIpc) is 2.29. The third-order valence-corrected chi connectivity index (χ3v) is 2.94. The van der Waals surface area contributed by atoms with E-state index in [2.05, 4.69) is 11.3 Å². The molecule has 0 amide bonds. The van der Waals surface area contributed by atoms with Gasteiger partial charge in [0, 0.05) is 5.02 Å². The summed E-state index contributed by atoms with van der Waals surface area (Å²) in [5, 5.41) is 10.9. The van der Waals surface area contributed by atoms with Gasteiger partial charge in [-0.25, -0.2) is 0 Å². The summed E-state index contributed by atoms with van der Waals surface area (Å²) in [4.78, 5) is 11.6. The first-order valence-electron chi connectivity index (χ1n) is 5.12. The summed E-state index contributed by atoms with van der Waals surface area (Å²) in [6.45, 7) is 5.08.